The molecule has 1 unspecified atom stereocenters. The number of hydrogen-bond acceptors (Lipinski definition) is 3. The van der Waals surface area contributed by atoms with Crippen LogP contribution in [0.3, 0.4) is 0 Å². The van der Waals surface area contributed by atoms with Crippen molar-refractivity contribution in [3.63, 3.8) is 0 Å². The fraction of sp³-hybridized carbons (Fsp3) is 0.250. The van der Waals surface area contributed by atoms with Gasteiger partial charge in [-0.2, -0.15) is 0 Å². The minimum absolute atomic E-state index is 0.175. The number of hydrogen-bond donors (Lipinski definition) is 1. The van der Waals surface area contributed by atoms with Crippen molar-refractivity contribution in [1.29, 1.82) is 0 Å². The van der Waals surface area contributed by atoms with Gasteiger partial charge in [0.2, 0.25) is 0 Å². The molecule has 0 saturated heterocycles. The molecule has 2 heterocycles. The molecule has 3 rings (SSSR count). The summed E-state index contributed by atoms with van der Waals surface area (Å²) in [6.45, 7) is 2.79. The van der Waals surface area contributed by atoms with Crippen LogP contribution in [0, 0.1) is 6.92 Å². The Balaban J connectivity index is 1.81. The van der Waals surface area contributed by atoms with Crippen molar-refractivity contribution in [2.45, 2.75) is 19.3 Å². The fourth-order valence-electron chi connectivity index (χ4n) is 2.63. The number of anilines is 1. The number of nitrogens with one attached hydrogen (secondary N) is 1. The molecule has 0 amide bonds. The van der Waals surface area contributed by atoms with Crippen LogP contribution in [-0.2, 0) is 0 Å². The Labute approximate surface area is 112 Å². The van der Waals surface area contributed by atoms with Crippen LogP contribution in [0.1, 0.15) is 33.8 Å². The zero-order chi connectivity index (χ0) is 13.2. The van der Waals surface area contributed by atoms with Gasteiger partial charge in [0, 0.05) is 42.5 Å². The van der Waals surface area contributed by atoms with Gasteiger partial charge in [0.25, 0.3) is 0 Å². The Kier molecular flexibility index (Phi) is 3.03. The highest BCUT2D eigenvalue weighted by atomic mass is 16.1. The third-order valence-electron chi connectivity index (χ3n) is 3.71. The number of para-hydroxylation sites is 1. The molecule has 0 aliphatic carbocycles. The van der Waals surface area contributed by atoms with E-state index in [1.54, 1.807) is 12.4 Å². The largest absolute Gasteiger partial charge is 0.384 e. The highest BCUT2D eigenvalue weighted by molar-refractivity contribution is 5.97. The van der Waals surface area contributed by atoms with Gasteiger partial charge in [0.15, 0.2) is 5.78 Å². The standard InChI is InChI=1S/C16H16N2O/c1-11-6-7-17-10-14(11)16(19)8-12-9-18-15-5-3-2-4-13(12)15/h2-7,10,12,18H,8-9H2,1H3. The first-order valence-corrected chi connectivity index (χ1v) is 6.52. The SMILES string of the molecule is Cc1ccncc1C(=O)CC1CNc2ccccc21. The summed E-state index contributed by atoms with van der Waals surface area (Å²) in [6, 6.07) is 10.1. The predicted molar refractivity (Wildman–Crippen MR) is 75.6 cm³/mol. The molecular formula is C16H16N2O. The number of aryl methyl sites for hydroxylation is 1. The maximum absolute atomic E-state index is 12.4. The van der Waals surface area contributed by atoms with Crippen molar-refractivity contribution >= 4 is 11.5 Å². The van der Waals surface area contributed by atoms with Gasteiger partial charge >= 0.3 is 0 Å². The Hall–Kier alpha value is -2.16. The van der Waals surface area contributed by atoms with Crippen molar-refractivity contribution in [1.82, 2.24) is 4.98 Å². The van der Waals surface area contributed by atoms with Gasteiger partial charge in [-0.05, 0) is 30.2 Å². The van der Waals surface area contributed by atoms with E-state index in [1.807, 2.05) is 25.1 Å². The van der Waals surface area contributed by atoms with Gasteiger partial charge in [0.05, 0.1) is 0 Å². The number of ketones is 1. The lowest BCUT2D eigenvalue weighted by Gasteiger charge is -2.10. The summed E-state index contributed by atoms with van der Waals surface area (Å²) in [6.07, 6.45) is 3.93. The fourth-order valence-corrected chi connectivity index (χ4v) is 2.63. The molecular weight excluding hydrogens is 236 g/mol. The van der Waals surface area contributed by atoms with E-state index in [1.165, 1.54) is 5.56 Å². The molecule has 1 aliphatic heterocycles. The molecule has 0 fully saturated rings. The van der Waals surface area contributed by atoms with Crippen LogP contribution in [0.4, 0.5) is 5.69 Å². The Morgan fingerprint density at radius 3 is 3.05 bits per heavy atom. The van der Waals surface area contributed by atoms with Crippen LogP contribution >= 0.6 is 0 Å². The van der Waals surface area contributed by atoms with Gasteiger partial charge in [-0.3, -0.25) is 9.78 Å². The Morgan fingerprint density at radius 2 is 2.21 bits per heavy atom. The van der Waals surface area contributed by atoms with Gasteiger partial charge in [-0.1, -0.05) is 18.2 Å². The molecule has 0 bridgehead atoms. The molecule has 0 spiro atoms. The van der Waals surface area contributed by atoms with Gasteiger partial charge in [-0.15, -0.1) is 0 Å². The van der Waals surface area contributed by atoms with E-state index in [-0.39, 0.29) is 11.7 Å². The first kappa shape index (κ1) is 11.9. The van der Waals surface area contributed by atoms with Crippen LogP contribution in [0.25, 0.3) is 0 Å². The lowest BCUT2D eigenvalue weighted by Crippen LogP contribution is -2.10. The van der Waals surface area contributed by atoms with Crippen molar-refractivity contribution in [3.8, 4) is 0 Å². The van der Waals surface area contributed by atoms with E-state index in [9.17, 15) is 4.79 Å². The number of fused-ring (bicyclic) bond motifs is 1. The summed E-state index contributed by atoms with van der Waals surface area (Å²) >= 11 is 0. The van der Waals surface area contributed by atoms with Gasteiger partial charge in [0.1, 0.15) is 0 Å². The summed E-state index contributed by atoms with van der Waals surface area (Å²) in [5, 5.41) is 3.35. The molecule has 0 saturated carbocycles. The maximum Gasteiger partial charge on any atom is 0.165 e. The topological polar surface area (TPSA) is 42.0 Å². The number of rotatable bonds is 3. The number of carbonyl (C=O) groups is 1. The van der Waals surface area contributed by atoms with Gasteiger partial charge < -0.3 is 5.32 Å². The smallest absolute Gasteiger partial charge is 0.165 e. The number of aromatic nitrogens is 1. The van der Waals surface area contributed by atoms with Gasteiger partial charge in [-0.25, -0.2) is 0 Å². The molecule has 2 aromatic rings. The molecule has 1 aromatic carbocycles. The minimum Gasteiger partial charge on any atom is -0.384 e. The number of benzene rings is 1. The van der Waals surface area contributed by atoms with Crippen LogP contribution in [0.15, 0.2) is 42.7 Å². The van der Waals surface area contributed by atoms with Crippen LogP contribution in [-0.4, -0.2) is 17.3 Å². The van der Waals surface area contributed by atoms with E-state index in [4.69, 9.17) is 0 Å². The Morgan fingerprint density at radius 1 is 1.37 bits per heavy atom. The summed E-state index contributed by atoms with van der Waals surface area (Å²) in [7, 11) is 0. The van der Waals surface area contributed by atoms with E-state index >= 15 is 0 Å². The van der Waals surface area contributed by atoms with Crippen molar-refractivity contribution < 1.29 is 4.79 Å². The quantitative estimate of drug-likeness (QED) is 0.853. The molecule has 1 aromatic heterocycles. The number of nitrogens with zero attached hydrogens (tertiary/aromatic N) is 1. The summed E-state index contributed by atoms with van der Waals surface area (Å²) < 4.78 is 0. The van der Waals surface area contributed by atoms with E-state index in [0.717, 1.165) is 23.4 Å². The van der Waals surface area contributed by atoms with E-state index < -0.39 is 0 Å². The highest BCUT2D eigenvalue weighted by Gasteiger charge is 2.24. The second-order valence-corrected chi connectivity index (χ2v) is 4.98. The molecule has 19 heavy (non-hydrogen) atoms. The highest BCUT2D eigenvalue weighted by Crippen LogP contribution is 2.34. The molecule has 1 aliphatic rings. The molecule has 3 heteroatoms. The Bertz CT molecular complexity index is 622. The molecule has 3 nitrogen and oxygen atoms in total. The van der Waals surface area contributed by atoms with Crippen molar-refractivity contribution in [3.05, 3.63) is 59.4 Å². The lowest BCUT2D eigenvalue weighted by atomic mass is 9.92. The number of pyridine rings is 1. The minimum atomic E-state index is 0.175. The summed E-state index contributed by atoms with van der Waals surface area (Å²) in [4.78, 5) is 16.4. The molecule has 1 N–H and O–H groups in total. The number of carbonyl (C=O) groups excluding carboxylic acids is 1. The average Bonchev–Trinajstić information content (AvgIpc) is 2.83. The summed E-state index contributed by atoms with van der Waals surface area (Å²) in [5.74, 6) is 0.442. The van der Waals surface area contributed by atoms with Crippen LogP contribution in [0.5, 0.6) is 0 Å². The molecule has 0 radical (unpaired) electrons. The number of Topliss-reactive ketones (excluding diaryl/α,β-unsaturated/α-hetero) is 1. The second-order valence-electron chi connectivity index (χ2n) is 4.98. The van der Waals surface area contributed by atoms with E-state index in [2.05, 4.69) is 22.4 Å². The first-order valence-electron chi connectivity index (χ1n) is 6.52. The third kappa shape index (κ3) is 2.24. The van der Waals surface area contributed by atoms with Crippen molar-refractivity contribution in [2.24, 2.45) is 0 Å². The first-order chi connectivity index (χ1) is 9.25. The monoisotopic (exact) mass is 252 g/mol. The maximum atomic E-state index is 12.4. The molecule has 96 valence electrons. The van der Waals surface area contributed by atoms with E-state index in [0.29, 0.717) is 6.42 Å². The van der Waals surface area contributed by atoms with Crippen LogP contribution < -0.4 is 5.32 Å². The summed E-state index contributed by atoms with van der Waals surface area (Å²) in [5.41, 5.74) is 4.15. The van der Waals surface area contributed by atoms with Crippen LogP contribution in [0.2, 0.25) is 0 Å². The zero-order valence-corrected chi connectivity index (χ0v) is 10.9. The average molecular weight is 252 g/mol. The lowest BCUT2D eigenvalue weighted by molar-refractivity contribution is 0.0974. The predicted octanol–water partition coefficient (Wildman–Crippen LogP) is 3.17. The third-order valence-corrected chi connectivity index (χ3v) is 3.71. The van der Waals surface area contributed by atoms with Crippen molar-refractivity contribution in [2.75, 3.05) is 11.9 Å². The normalized spacial score (nSPS) is 16.8. The zero-order valence-electron chi connectivity index (χ0n) is 10.9. The molecule has 1 atom stereocenters. The second kappa shape index (κ2) is 4.84.